The maximum absolute atomic E-state index is 11.9. The number of hydrogen-bond acceptors (Lipinski definition) is 5. The molecule has 1 aromatic heterocycles. The highest BCUT2D eigenvalue weighted by molar-refractivity contribution is 5.83. The molecule has 2 heterocycles. The van der Waals surface area contributed by atoms with Gasteiger partial charge >= 0.3 is 12.0 Å². The van der Waals surface area contributed by atoms with Gasteiger partial charge in [0.25, 0.3) is 0 Å². The summed E-state index contributed by atoms with van der Waals surface area (Å²) in [6.45, 7) is 3.11. The number of carbonyl (C=O) groups excluding carboxylic acids is 1. The Morgan fingerprint density at radius 3 is 2.48 bits per heavy atom. The fourth-order valence-electron chi connectivity index (χ4n) is 2.10. The van der Waals surface area contributed by atoms with Crippen molar-refractivity contribution in [3.05, 3.63) is 18.0 Å². The Hall–Kier alpha value is -2.13. The van der Waals surface area contributed by atoms with E-state index in [1.54, 1.807) is 18.3 Å². The van der Waals surface area contributed by atoms with Crippen molar-refractivity contribution in [3.63, 3.8) is 0 Å². The predicted octanol–water partition coefficient (Wildman–Crippen LogP) is -0.993. The minimum atomic E-state index is -1.13. The number of piperazine rings is 1. The average Bonchev–Trinajstić information content (AvgIpc) is 2.85. The van der Waals surface area contributed by atoms with Crippen molar-refractivity contribution >= 4 is 12.0 Å². The first kappa shape index (κ1) is 15.3. The maximum atomic E-state index is 11.9. The number of carboxylic acids is 1. The lowest BCUT2D eigenvalue weighted by Gasteiger charge is -2.32. The smallest absolute Gasteiger partial charge is 0.331 e. The molecule has 0 aromatic carbocycles. The molecule has 1 aromatic rings. The topological polar surface area (TPSA) is 103 Å². The van der Waals surface area contributed by atoms with Gasteiger partial charge in [0.2, 0.25) is 0 Å². The zero-order valence-corrected chi connectivity index (χ0v) is 12.1. The third-order valence-electron chi connectivity index (χ3n) is 3.34. The van der Waals surface area contributed by atoms with Crippen LogP contribution >= 0.6 is 0 Å². The summed E-state index contributed by atoms with van der Waals surface area (Å²) in [7, 11) is 3.70. The molecule has 1 aliphatic rings. The second-order valence-electron chi connectivity index (χ2n) is 5.09. The molecule has 116 valence electrons. The van der Waals surface area contributed by atoms with Crippen molar-refractivity contribution in [1.82, 2.24) is 30.4 Å². The number of nitrogens with one attached hydrogen (secondary N) is 2. The monoisotopic (exact) mass is 296 g/mol. The van der Waals surface area contributed by atoms with E-state index >= 15 is 0 Å². The molecule has 9 heteroatoms. The zero-order valence-electron chi connectivity index (χ0n) is 12.1. The van der Waals surface area contributed by atoms with Crippen molar-refractivity contribution in [1.29, 1.82) is 0 Å². The van der Waals surface area contributed by atoms with Crippen LogP contribution in [0.1, 0.15) is 11.6 Å². The van der Waals surface area contributed by atoms with Gasteiger partial charge in [-0.1, -0.05) is 0 Å². The van der Waals surface area contributed by atoms with Gasteiger partial charge in [0.1, 0.15) is 0 Å². The molecule has 3 N–H and O–H groups in total. The largest absolute Gasteiger partial charge is 0.479 e. The number of aromatic nitrogens is 2. The SMILES string of the molecule is CN1CCN(NC(=O)NC(C(=O)O)c2cnn(C)c2)CC1. The van der Waals surface area contributed by atoms with Gasteiger partial charge in [-0.25, -0.2) is 14.6 Å². The molecule has 9 nitrogen and oxygen atoms in total. The first-order chi connectivity index (χ1) is 9.95. The molecule has 1 fully saturated rings. The maximum Gasteiger partial charge on any atom is 0.331 e. The Morgan fingerprint density at radius 2 is 1.95 bits per heavy atom. The quantitative estimate of drug-likeness (QED) is 0.659. The van der Waals surface area contributed by atoms with Crippen LogP contribution < -0.4 is 10.7 Å². The minimum absolute atomic E-state index is 0.429. The lowest BCUT2D eigenvalue weighted by molar-refractivity contribution is -0.139. The molecular formula is C12H20N6O3. The summed E-state index contributed by atoms with van der Waals surface area (Å²) < 4.78 is 1.49. The van der Waals surface area contributed by atoms with Crippen molar-refractivity contribution in [2.24, 2.45) is 7.05 Å². The molecule has 0 bridgehead atoms. The number of likely N-dealkylation sites (N-methyl/N-ethyl adjacent to an activating group) is 1. The van der Waals surface area contributed by atoms with E-state index in [4.69, 9.17) is 0 Å². The van der Waals surface area contributed by atoms with Crippen LogP contribution in [0.15, 0.2) is 12.4 Å². The van der Waals surface area contributed by atoms with E-state index < -0.39 is 18.0 Å². The van der Waals surface area contributed by atoms with Crippen LogP contribution in [0.3, 0.4) is 0 Å². The standard InChI is InChI=1S/C12H20N6O3/c1-16-3-5-18(6-4-16)15-12(21)14-10(11(19)20)9-7-13-17(2)8-9/h7-8,10H,3-6H2,1-2H3,(H,19,20)(H2,14,15,21). The molecule has 2 amide bonds. The summed E-state index contributed by atoms with van der Waals surface area (Å²) in [6.07, 6.45) is 2.99. The van der Waals surface area contributed by atoms with Crippen molar-refractivity contribution < 1.29 is 14.7 Å². The number of aliphatic carboxylic acids is 1. The van der Waals surface area contributed by atoms with Gasteiger partial charge < -0.3 is 15.3 Å². The summed E-state index contributed by atoms with van der Waals surface area (Å²) in [5.74, 6) is -1.13. The van der Waals surface area contributed by atoms with E-state index in [1.807, 2.05) is 7.05 Å². The number of aryl methyl sites for hydroxylation is 1. The summed E-state index contributed by atoms with van der Waals surface area (Å²) in [6, 6.07) is -1.65. The number of hydrogen-bond donors (Lipinski definition) is 3. The number of nitrogens with zero attached hydrogens (tertiary/aromatic N) is 4. The van der Waals surface area contributed by atoms with Crippen LogP contribution in [-0.4, -0.2) is 70.0 Å². The van der Waals surface area contributed by atoms with Gasteiger partial charge in [-0.15, -0.1) is 0 Å². The Labute approximate surface area is 122 Å². The van der Waals surface area contributed by atoms with E-state index in [1.165, 1.54) is 10.9 Å². The van der Waals surface area contributed by atoms with Gasteiger partial charge in [-0.05, 0) is 7.05 Å². The first-order valence-corrected chi connectivity index (χ1v) is 6.67. The van der Waals surface area contributed by atoms with Crippen LogP contribution in [0.2, 0.25) is 0 Å². The van der Waals surface area contributed by atoms with Crippen LogP contribution in [0, 0.1) is 0 Å². The Balaban J connectivity index is 1.91. The number of hydrazine groups is 1. The molecule has 2 rings (SSSR count). The molecule has 0 saturated carbocycles. The zero-order chi connectivity index (χ0) is 15.4. The van der Waals surface area contributed by atoms with E-state index in [0.29, 0.717) is 18.7 Å². The van der Waals surface area contributed by atoms with Crippen molar-refractivity contribution in [2.45, 2.75) is 6.04 Å². The van der Waals surface area contributed by atoms with E-state index in [9.17, 15) is 14.7 Å². The summed E-state index contributed by atoms with van der Waals surface area (Å²) >= 11 is 0. The van der Waals surface area contributed by atoms with Crippen LogP contribution in [0.4, 0.5) is 4.79 Å². The fraction of sp³-hybridized carbons (Fsp3) is 0.583. The Kier molecular flexibility index (Phi) is 4.76. The summed E-state index contributed by atoms with van der Waals surface area (Å²) in [5, 5.41) is 17.4. The molecule has 1 aliphatic heterocycles. The van der Waals surface area contributed by atoms with Crippen LogP contribution in [0.5, 0.6) is 0 Å². The van der Waals surface area contributed by atoms with Gasteiger partial charge in [0.15, 0.2) is 6.04 Å². The molecule has 1 unspecified atom stereocenters. The minimum Gasteiger partial charge on any atom is -0.479 e. The predicted molar refractivity (Wildman–Crippen MR) is 74.3 cm³/mol. The second-order valence-corrected chi connectivity index (χ2v) is 5.09. The second kappa shape index (κ2) is 6.55. The highest BCUT2D eigenvalue weighted by atomic mass is 16.4. The van der Waals surface area contributed by atoms with E-state index in [-0.39, 0.29) is 0 Å². The van der Waals surface area contributed by atoms with Gasteiger partial charge in [0, 0.05) is 45.0 Å². The highest BCUT2D eigenvalue weighted by Crippen LogP contribution is 2.11. The molecule has 1 atom stereocenters. The lowest BCUT2D eigenvalue weighted by atomic mass is 10.2. The lowest BCUT2D eigenvalue weighted by Crippen LogP contribution is -2.55. The van der Waals surface area contributed by atoms with Gasteiger partial charge in [-0.2, -0.15) is 5.10 Å². The first-order valence-electron chi connectivity index (χ1n) is 6.67. The van der Waals surface area contributed by atoms with Crippen LogP contribution in [-0.2, 0) is 11.8 Å². The molecule has 21 heavy (non-hydrogen) atoms. The fourth-order valence-corrected chi connectivity index (χ4v) is 2.10. The number of carboxylic acid groups (broad SMARTS) is 1. The van der Waals surface area contributed by atoms with Crippen molar-refractivity contribution in [3.8, 4) is 0 Å². The molecular weight excluding hydrogens is 276 g/mol. The molecule has 0 spiro atoms. The molecule has 0 aliphatic carbocycles. The normalized spacial score (nSPS) is 18.2. The molecule has 0 radical (unpaired) electrons. The molecule has 1 saturated heterocycles. The number of carbonyl (C=O) groups is 2. The number of urea groups is 1. The van der Waals surface area contributed by atoms with Crippen LogP contribution in [0.25, 0.3) is 0 Å². The van der Waals surface area contributed by atoms with Crippen molar-refractivity contribution in [2.75, 3.05) is 33.2 Å². The summed E-state index contributed by atoms with van der Waals surface area (Å²) in [5.41, 5.74) is 3.10. The number of rotatable bonds is 4. The van der Waals surface area contributed by atoms with Gasteiger partial charge in [-0.3, -0.25) is 10.1 Å². The highest BCUT2D eigenvalue weighted by Gasteiger charge is 2.24. The number of amides is 2. The van der Waals surface area contributed by atoms with E-state index in [2.05, 4.69) is 20.7 Å². The summed E-state index contributed by atoms with van der Waals surface area (Å²) in [4.78, 5) is 25.4. The Morgan fingerprint density at radius 1 is 1.29 bits per heavy atom. The average molecular weight is 296 g/mol. The van der Waals surface area contributed by atoms with Gasteiger partial charge in [0.05, 0.1) is 6.20 Å². The third kappa shape index (κ3) is 4.17. The Bertz CT molecular complexity index is 509. The third-order valence-corrected chi connectivity index (χ3v) is 3.34. The van der Waals surface area contributed by atoms with E-state index in [0.717, 1.165) is 13.1 Å².